The number of hydrogen-bond acceptors (Lipinski definition) is 2. The molecule has 0 saturated carbocycles. The normalized spacial score (nSPS) is 10.5. The second-order valence-corrected chi connectivity index (χ2v) is 3.70. The zero-order valence-corrected chi connectivity index (χ0v) is 9.03. The Morgan fingerprint density at radius 3 is 2.85 bits per heavy atom. The predicted octanol–water partition coefficient (Wildman–Crippen LogP) is 2.67. The summed E-state index contributed by atoms with van der Waals surface area (Å²) < 4.78 is 14.0. The molecule has 13 heavy (non-hydrogen) atoms. The van der Waals surface area contributed by atoms with Crippen LogP contribution in [0.1, 0.15) is 5.56 Å². The standard InChI is InChI=1S/C8H8BrClFNO/c9-6-1-2-7(10)8(11)5(6)3-4-13-12/h1-2H,3-4,12H2. The molecule has 1 rings (SSSR count). The Bertz CT molecular complexity index is 308. The molecule has 0 fully saturated rings. The maximum Gasteiger partial charge on any atom is 0.146 e. The zero-order chi connectivity index (χ0) is 9.84. The van der Waals surface area contributed by atoms with Gasteiger partial charge < -0.3 is 4.84 Å². The lowest BCUT2D eigenvalue weighted by Crippen LogP contribution is -2.05. The van der Waals surface area contributed by atoms with Crippen LogP contribution in [0.4, 0.5) is 4.39 Å². The highest BCUT2D eigenvalue weighted by atomic mass is 79.9. The summed E-state index contributed by atoms with van der Waals surface area (Å²) >= 11 is 8.81. The Labute approximate surface area is 88.9 Å². The van der Waals surface area contributed by atoms with Crippen LogP contribution in [0.5, 0.6) is 0 Å². The quantitative estimate of drug-likeness (QED) is 0.676. The molecule has 0 amide bonds. The van der Waals surface area contributed by atoms with Gasteiger partial charge in [-0.1, -0.05) is 27.5 Å². The molecule has 1 aromatic rings. The first-order chi connectivity index (χ1) is 6.16. The highest BCUT2D eigenvalue weighted by molar-refractivity contribution is 9.10. The van der Waals surface area contributed by atoms with Gasteiger partial charge in [-0.05, 0) is 12.1 Å². The van der Waals surface area contributed by atoms with Gasteiger partial charge in [0.25, 0.3) is 0 Å². The number of nitrogens with two attached hydrogens (primary N) is 1. The minimum absolute atomic E-state index is 0.107. The van der Waals surface area contributed by atoms with E-state index in [1.165, 1.54) is 6.07 Å². The van der Waals surface area contributed by atoms with Crippen molar-refractivity contribution in [2.24, 2.45) is 5.90 Å². The fourth-order valence-electron chi connectivity index (χ4n) is 0.959. The van der Waals surface area contributed by atoms with E-state index >= 15 is 0 Å². The lowest BCUT2D eigenvalue weighted by atomic mass is 10.1. The topological polar surface area (TPSA) is 35.2 Å². The maximum atomic E-state index is 13.3. The molecule has 0 aliphatic carbocycles. The second-order valence-electron chi connectivity index (χ2n) is 2.44. The van der Waals surface area contributed by atoms with Crippen molar-refractivity contribution in [2.45, 2.75) is 6.42 Å². The molecule has 0 aromatic heterocycles. The monoisotopic (exact) mass is 267 g/mol. The van der Waals surface area contributed by atoms with E-state index in [2.05, 4.69) is 20.8 Å². The third-order valence-electron chi connectivity index (χ3n) is 1.61. The minimum atomic E-state index is -0.423. The van der Waals surface area contributed by atoms with Gasteiger partial charge in [0, 0.05) is 16.5 Å². The highest BCUT2D eigenvalue weighted by Gasteiger charge is 2.10. The van der Waals surface area contributed by atoms with Crippen LogP contribution >= 0.6 is 27.5 Å². The van der Waals surface area contributed by atoms with Crippen molar-refractivity contribution in [2.75, 3.05) is 6.61 Å². The van der Waals surface area contributed by atoms with Crippen molar-refractivity contribution in [3.63, 3.8) is 0 Å². The molecule has 2 nitrogen and oxygen atoms in total. The summed E-state index contributed by atoms with van der Waals surface area (Å²) in [4.78, 5) is 4.37. The summed E-state index contributed by atoms with van der Waals surface area (Å²) in [6.45, 7) is 0.260. The highest BCUT2D eigenvalue weighted by Crippen LogP contribution is 2.26. The molecule has 0 radical (unpaired) electrons. The van der Waals surface area contributed by atoms with Gasteiger partial charge in [0.2, 0.25) is 0 Å². The lowest BCUT2D eigenvalue weighted by Gasteiger charge is -2.06. The summed E-state index contributed by atoms with van der Waals surface area (Å²) in [5.74, 6) is 4.42. The first-order valence-corrected chi connectivity index (χ1v) is 4.78. The molecule has 0 spiro atoms. The van der Waals surface area contributed by atoms with E-state index in [1.54, 1.807) is 6.07 Å². The van der Waals surface area contributed by atoms with Gasteiger partial charge in [-0.3, -0.25) is 0 Å². The summed E-state index contributed by atoms with van der Waals surface area (Å²) in [5.41, 5.74) is 0.484. The number of benzene rings is 1. The molecule has 0 unspecified atom stereocenters. The number of rotatable bonds is 3. The summed E-state index contributed by atoms with van der Waals surface area (Å²) in [6.07, 6.45) is 0.392. The Balaban J connectivity index is 2.96. The fraction of sp³-hybridized carbons (Fsp3) is 0.250. The Morgan fingerprint density at radius 1 is 1.54 bits per heavy atom. The smallest absolute Gasteiger partial charge is 0.146 e. The van der Waals surface area contributed by atoms with Crippen molar-refractivity contribution < 1.29 is 9.23 Å². The first-order valence-electron chi connectivity index (χ1n) is 3.61. The van der Waals surface area contributed by atoms with Crippen molar-refractivity contribution in [1.82, 2.24) is 0 Å². The van der Waals surface area contributed by atoms with Crippen molar-refractivity contribution in [3.05, 3.63) is 33.0 Å². The third kappa shape index (κ3) is 2.64. The zero-order valence-electron chi connectivity index (χ0n) is 6.69. The summed E-state index contributed by atoms with van der Waals surface area (Å²) in [5, 5.41) is 0.107. The molecule has 0 saturated heterocycles. The third-order valence-corrected chi connectivity index (χ3v) is 2.64. The Kier molecular flexibility index (Phi) is 4.12. The van der Waals surface area contributed by atoms with E-state index in [-0.39, 0.29) is 11.6 Å². The van der Waals surface area contributed by atoms with Crippen LogP contribution in [-0.2, 0) is 11.3 Å². The number of hydrogen-bond donors (Lipinski definition) is 1. The Morgan fingerprint density at radius 2 is 2.23 bits per heavy atom. The average Bonchev–Trinajstić information content (AvgIpc) is 2.12. The van der Waals surface area contributed by atoms with Gasteiger partial charge in [-0.2, -0.15) is 0 Å². The van der Waals surface area contributed by atoms with Gasteiger partial charge in [-0.25, -0.2) is 10.3 Å². The van der Waals surface area contributed by atoms with E-state index in [0.29, 0.717) is 16.5 Å². The van der Waals surface area contributed by atoms with Gasteiger partial charge in [0.1, 0.15) is 5.82 Å². The summed E-state index contributed by atoms with van der Waals surface area (Å²) in [7, 11) is 0. The molecule has 0 bridgehead atoms. The number of halogens is 3. The molecule has 0 heterocycles. The molecule has 0 aliphatic heterocycles. The average molecular weight is 269 g/mol. The van der Waals surface area contributed by atoms with Gasteiger partial charge >= 0.3 is 0 Å². The van der Waals surface area contributed by atoms with Gasteiger partial charge in [-0.15, -0.1) is 0 Å². The second kappa shape index (κ2) is 4.91. The van der Waals surface area contributed by atoms with Crippen LogP contribution in [0, 0.1) is 5.82 Å². The van der Waals surface area contributed by atoms with E-state index in [4.69, 9.17) is 17.5 Å². The van der Waals surface area contributed by atoms with E-state index in [0.717, 1.165) is 0 Å². The van der Waals surface area contributed by atoms with Crippen LogP contribution in [0.2, 0.25) is 5.02 Å². The largest absolute Gasteiger partial charge is 0.304 e. The van der Waals surface area contributed by atoms with Crippen LogP contribution < -0.4 is 5.90 Å². The summed E-state index contributed by atoms with van der Waals surface area (Å²) in [6, 6.07) is 3.19. The molecular formula is C8H8BrClFNO. The van der Waals surface area contributed by atoms with Crippen LogP contribution in [0.25, 0.3) is 0 Å². The molecule has 1 aromatic carbocycles. The van der Waals surface area contributed by atoms with Gasteiger partial charge in [0.05, 0.1) is 11.6 Å². The SMILES string of the molecule is NOCCc1c(Br)ccc(Cl)c1F. The Hall–Kier alpha value is -0.160. The first kappa shape index (κ1) is 10.9. The lowest BCUT2D eigenvalue weighted by molar-refractivity contribution is 0.140. The van der Waals surface area contributed by atoms with E-state index in [1.807, 2.05) is 0 Å². The van der Waals surface area contributed by atoms with E-state index < -0.39 is 5.82 Å². The van der Waals surface area contributed by atoms with Crippen molar-refractivity contribution in [3.8, 4) is 0 Å². The van der Waals surface area contributed by atoms with Crippen LogP contribution in [0.15, 0.2) is 16.6 Å². The van der Waals surface area contributed by atoms with Crippen molar-refractivity contribution in [1.29, 1.82) is 0 Å². The fourth-order valence-corrected chi connectivity index (χ4v) is 1.64. The molecule has 72 valence electrons. The molecule has 2 N–H and O–H groups in total. The van der Waals surface area contributed by atoms with Gasteiger partial charge in [0.15, 0.2) is 0 Å². The van der Waals surface area contributed by atoms with Crippen LogP contribution in [0.3, 0.4) is 0 Å². The molecule has 5 heteroatoms. The van der Waals surface area contributed by atoms with E-state index in [9.17, 15) is 4.39 Å². The molecule has 0 atom stereocenters. The van der Waals surface area contributed by atoms with Crippen molar-refractivity contribution >= 4 is 27.5 Å². The molecular weight excluding hydrogens is 260 g/mol. The van der Waals surface area contributed by atoms with Crippen LogP contribution in [-0.4, -0.2) is 6.61 Å². The molecule has 0 aliphatic rings. The predicted molar refractivity (Wildman–Crippen MR) is 53.0 cm³/mol. The minimum Gasteiger partial charge on any atom is -0.304 e. The maximum absolute atomic E-state index is 13.3.